The molecule has 0 saturated carbocycles. The summed E-state index contributed by atoms with van der Waals surface area (Å²) in [6.45, 7) is 3.59. The van der Waals surface area contributed by atoms with Gasteiger partial charge < -0.3 is 14.1 Å². The number of hydrogen-bond acceptors (Lipinski definition) is 6. The molecule has 2 aliphatic heterocycles. The highest BCUT2D eigenvalue weighted by Gasteiger charge is 2.57. The number of aromatic nitrogens is 1. The van der Waals surface area contributed by atoms with E-state index in [0.717, 1.165) is 43.6 Å². The average molecular weight is 427 g/mol. The Morgan fingerprint density at radius 3 is 2.68 bits per heavy atom. The van der Waals surface area contributed by atoms with Gasteiger partial charge in [-0.1, -0.05) is 6.07 Å². The topological polar surface area (TPSA) is 79.1 Å². The molecule has 0 atom stereocenters. The van der Waals surface area contributed by atoms with Crippen LogP contribution in [0.3, 0.4) is 0 Å². The third-order valence-corrected chi connectivity index (χ3v) is 6.38. The molecule has 0 radical (unpaired) electrons. The molecule has 2 saturated heterocycles. The molecule has 8 nitrogen and oxygen atoms in total. The smallest absolute Gasteiger partial charge is 0.327 e. The fraction of sp³-hybridized carbons (Fsp3) is 0.522. The van der Waals surface area contributed by atoms with E-state index in [0.29, 0.717) is 32.5 Å². The monoisotopic (exact) mass is 426 g/mol. The van der Waals surface area contributed by atoms with Gasteiger partial charge in [-0.2, -0.15) is 0 Å². The van der Waals surface area contributed by atoms with Crippen LogP contribution in [0.5, 0.6) is 0 Å². The Morgan fingerprint density at radius 2 is 2.00 bits per heavy atom. The van der Waals surface area contributed by atoms with Crippen molar-refractivity contribution in [1.29, 1.82) is 0 Å². The number of rotatable bonds is 9. The van der Waals surface area contributed by atoms with Crippen LogP contribution in [0.1, 0.15) is 30.4 Å². The summed E-state index contributed by atoms with van der Waals surface area (Å²) in [6, 6.07) is 5.70. The number of ether oxygens (including phenoxy) is 1. The predicted octanol–water partition coefficient (Wildman–Crippen LogP) is 2.55. The van der Waals surface area contributed by atoms with Gasteiger partial charge in [-0.05, 0) is 43.4 Å². The standard InChI is InChI=1S/C23H30N4O4/c1-30-15-13-27-22(29)26(10-3-5-19-4-2-9-24-16-19)21(28)23(27)7-11-25(12-8-23)17-20-6-14-31-18-20/h2,4,6,9,14,16,18H,3,5,7-8,10-13,15,17H2,1H3. The molecule has 31 heavy (non-hydrogen) atoms. The number of methoxy groups -OCH3 is 1. The molecule has 0 aliphatic carbocycles. The van der Waals surface area contributed by atoms with Crippen molar-refractivity contribution in [3.8, 4) is 0 Å². The lowest BCUT2D eigenvalue weighted by molar-refractivity contribution is -0.136. The zero-order valence-corrected chi connectivity index (χ0v) is 18.0. The van der Waals surface area contributed by atoms with Crippen LogP contribution < -0.4 is 0 Å². The number of piperidine rings is 1. The van der Waals surface area contributed by atoms with Crippen LogP contribution in [0, 0.1) is 0 Å². The van der Waals surface area contributed by atoms with E-state index in [1.165, 1.54) is 4.90 Å². The largest absolute Gasteiger partial charge is 0.472 e. The second kappa shape index (κ2) is 9.62. The average Bonchev–Trinajstić information content (AvgIpc) is 3.37. The van der Waals surface area contributed by atoms with Gasteiger partial charge in [0.25, 0.3) is 5.91 Å². The molecule has 1 spiro atoms. The van der Waals surface area contributed by atoms with Gasteiger partial charge in [-0.25, -0.2) is 4.79 Å². The fourth-order valence-corrected chi connectivity index (χ4v) is 4.66. The predicted molar refractivity (Wildman–Crippen MR) is 114 cm³/mol. The molecular formula is C23H30N4O4. The van der Waals surface area contributed by atoms with Crippen molar-refractivity contribution < 1.29 is 18.7 Å². The van der Waals surface area contributed by atoms with Crippen LogP contribution in [0.15, 0.2) is 47.5 Å². The molecule has 0 aromatic carbocycles. The van der Waals surface area contributed by atoms with Crippen molar-refractivity contribution in [2.24, 2.45) is 0 Å². The molecule has 8 heteroatoms. The Hall–Kier alpha value is -2.71. The van der Waals surface area contributed by atoms with Gasteiger partial charge in [0.05, 0.1) is 19.1 Å². The molecule has 166 valence electrons. The van der Waals surface area contributed by atoms with Crippen molar-refractivity contribution in [2.45, 2.75) is 37.8 Å². The van der Waals surface area contributed by atoms with Crippen LogP contribution in [0.25, 0.3) is 0 Å². The minimum absolute atomic E-state index is 0.0530. The quantitative estimate of drug-likeness (QED) is 0.574. The Bertz CT molecular complexity index is 863. The molecule has 4 rings (SSSR count). The minimum Gasteiger partial charge on any atom is -0.472 e. The molecule has 4 heterocycles. The van der Waals surface area contributed by atoms with Gasteiger partial charge >= 0.3 is 6.03 Å². The van der Waals surface area contributed by atoms with E-state index in [2.05, 4.69) is 9.88 Å². The summed E-state index contributed by atoms with van der Waals surface area (Å²) in [5.74, 6) is -0.0530. The van der Waals surface area contributed by atoms with Crippen LogP contribution in [0.2, 0.25) is 0 Å². The minimum atomic E-state index is -0.753. The molecule has 0 unspecified atom stereocenters. The number of furan rings is 1. The number of carbonyl (C=O) groups excluding carboxylic acids is 2. The van der Waals surface area contributed by atoms with Crippen molar-refractivity contribution in [3.63, 3.8) is 0 Å². The van der Waals surface area contributed by atoms with Crippen molar-refractivity contribution in [2.75, 3.05) is 39.9 Å². The number of amides is 3. The van der Waals surface area contributed by atoms with Crippen LogP contribution in [0.4, 0.5) is 4.79 Å². The number of likely N-dealkylation sites (tertiary alicyclic amines) is 1. The number of urea groups is 1. The second-order valence-corrected chi connectivity index (χ2v) is 8.29. The van der Waals surface area contributed by atoms with Gasteiger partial charge in [0, 0.05) is 57.8 Å². The van der Waals surface area contributed by atoms with Crippen molar-refractivity contribution in [1.82, 2.24) is 19.7 Å². The lowest BCUT2D eigenvalue weighted by Gasteiger charge is -2.42. The summed E-state index contributed by atoms with van der Waals surface area (Å²) in [6.07, 6.45) is 9.79. The van der Waals surface area contributed by atoms with Gasteiger partial charge in [-0.15, -0.1) is 0 Å². The van der Waals surface area contributed by atoms with Crippen LogP contribution >= 0.6 is 0 Å². The Balaban J connectivity index is 1.42. The summed E-state index contributed by atoms with van der Waals surface area (Å²) in [4.78, 5) is 36.4. The third kappa shape index (κ3) is 4.50. The summed E-state index contributed by atoms with van der Waals surface area (Å²) in [7, 11) is 1.62. The first kappa shape index (κ1) is 21.5. The highest BCUT2D eigenvalue weighted by atomic mass is 16.5. The van der Waals surface area contributed by atoms with E-state index in [1.54, 1.807) is 30.7 Å². The SMILES string of the molecule is COCCN1C(=O)N(CCCc2cccnc2)C(=O)C12CCN(Cc1ccoc1)CC2. The van der Waals surface area contributed by atoms with E-state index in [-0.39, 0.29) is 11.9 Å². The summed E-state index contributed by atoms with van der Waals surface area (Å²) in [5, 5.41) is 0. The zero-order valence-electron chi connectivity index (χ0n) is 18.0. The zero-order chi connectivity index (χ0) is 21.7. The number of hydrogen-bond donors (Lipinski definition) is 0. The van der Waals surface area contributed by atoms with Gasteiger partial charge in [0.1, 0.15) is 5.54 Å². The summed E-state index contributed by atoms with van der Waals surface area (Å²) >= 11 is 0. The Labute approximate surface area is 182 Å². The molecule has 2 aromatic rings. The van der Waals surface area contributed by atoms with Gasteiger partial charge in [-0.3, -0.25) is 19.6 Å². The normalized spacial score (nSPS) is 19.0. The van der Waals surface area contributed by atoms with E-state index < -0.39 is 5.54 Å². The maximum atomic E-state index is 13.5. The van der Waals surface area contributed by atoms with E-state index in [4.69, 9.17) is 9.15 Å². The maximum Gasteiger partial charge on any atom is 0.327 e. The summed E-state index contributed by atoms with van der Waals surface area (Å²) < 4.78 is 10.4. The first-order chi connectivity index (χ1) is 15.1. The number of carbonyl (C=O) groups is 2. The number of nitrogens with zero attached hydrogens (tertiary/aromatic N) is 4. The molecule has 2 aromatic heterocycles. The third-order valence-electron chi connectivity index (χ3n) is 6.38. The van der Waals surface area contributed by atoms with E-state index >= 15 is 0 Å². The molecule has 0 bridgehead atoms. The molecule has 2 fully saturated rings. The first-order valence-electron chi connectivity index (χ1n) is 10.9. The number of pyridine rings is 1. The van der Waals surface area contributed by atoms with Crippen LogP contribution in [-0.4, -0.2) is 77.1 Å². The van der Waals surface area contributed by atoms with Crippen molar-refractivity contribution in [3.05, 3.63) is 54.2 Å². The van der Waals surface area contributed by atoms with E-state index in [1.807, 2.05) is 24.4 Å². The Morgan fingerprint density at radius 1 is 1.16 bits per heavy atom. The van der Waals surface area contributed by atoms with Crippen molar-refractivity contribution >= 4 is 11.9 Å². The summed E-state index contributed by atoms with van der Waals surface area (Å²) in [5.41, 5.74) is 1.48. The van der Waals surface area contributed by atoms with Gasteiger partial charge in [0.2, 0.25) is 0 Å². The molecular weight excluding hydrogens is 396 g/mol. The van der Waals surface area contributed by atoms with E-state index in [9.17, 15) is 9.59 Å². The molecule has 0 N–H and O–H groups in total. The highest BCUT2D eigenvalue weighted by molar-refractivity contribution is 6.07. The Kier molecular flexibility index (Phi) is 6.67. The highest BCUT2D eigenvalue weighted by Crippen LogP contribution is 2.37. The maximum absolute atomic E-state index is 13.5. The lowest BCUT2D eigenvalue weighted by atomic mass is 9.85. The molecule has 2 aliphatic rings. The van der Waals surface area contributed by atoms with Gasteiger partial charge in [0.15, 0.2) is 0 Å². The first-order valence-corrected chi connectivity index (χ1v) is 10.9. The second-order valence-electron chi connectivity index (χ2n) is 8.29. The lowest BCUT2D eigenvalue weighted by Crippen LogP contribution is -2.57. The number of aryl methyl sites for hydroxylation is 1. The molecule has 3 amide bonds. The van der Waals surface area contributed by atoms with Crippen LogP contribution in [-0.2, 0) is 22.5 Å². The fourth-order valence-electron chi connectivity index (χ4n) is 4.66. The number of imide groups is 1.